The Bertz CT molecular complexity index is 773. The van der Waals surface area contributed by atoms with Gasteiger partial charge in [0.2, 0.25) is 0 Å². The number of aryl methyl sites for hydroxylation is 3. The fraction of sp³-hybridized carbons (Fsp3) is 0.381. The molecular formula is C21H25N3. The number of nitrogens with one attached hydrogen (secondary N) is 1. The summed E-state index contributed by atoms with van der Waals surface area (Å²) in [5.74, 6) is 0. The molecule has 0 aromatic heterocycles. The lowest BCUT2D eigenvalue weighted by molar-refractivity contribution is 0.550. The average molecular weight is 319 g/mol. The van der Waals surface area contributed by atoms with Crippen LogP contribution in [0.15, 0.2) is 36.4 Å². The van der Waals surface area contributed by atoms with Gasteiger partial charge in [-0.05, 0) is 62.1 Å². The Kier molecular flexibility index (Phi) is 4.87. The SMILES string of the molecule is Cc1ccc(CNC2CCN(c3ccc(C#N)c(C)c3)C2)c(C)c1. The van der Waals surface area contributed by atoms with Crippen molar-refractivity contribution in [3.8, 4) is 6.07 Å². The molecule has 0 spiro atoms. The maximum absolute atomic E-state index is 9.06. The Morgan fingerprint density at radius 1 is 1.12 bits per heavy atom. The summed E-state index contributed by atoms with van der Waals surface area (Å²) in [6.07, 6.45) is 1.16. The van der Waals surface area contributed by atoms with Gasteiger partial charge in [0, 0.05) is 31.4 Å². The van der Waals surface area contributed by atoms with Crippen LogP contribution in [0.3, 0.4) is 0 Å². The average Bonchev–Trinajstić information content (AvgIpc) is 3.03. The predicted molar refractivity (Wildman–Crippen MR) is 99.3 cm³/mol. The first kappa shape index (κ1) is 16.5. The third-order valence-corrected chi connectivity index (χ3v) is 4.96. The van der Waals surface area contributed by atoms with Gasteiger partial charge in [0.15, 0.2) is 0 Å². The van der Waals surface area contributed by atoms with Gasteiger partial charge >= 0.3 is 0 Å². The van der Waals surface area contributed by atoms with E-state index in [1.807, 2.05) is 13.0 Å². The second-order valence-corrected chi connectivity index (χ2v) is 6.85. The van der Waals surface area contributed by atoms with E-state index in [2.05, 4.69) is 60.5 Å². The standard InChI is InChI=1S/C21H25N3/c1-15-4-5-19(16(2)10-15)13-23-20-8-9-24(14-20)21-7-6-18(12-22)17(3)11-21/h4-7,10-11,20,23H,8-9,13-14H2,1-3H3. The summed E-state index contributed by atoms with van der Waals surface area (Å²) >= 11 is 0. The van der Waals surface area contributed by atoms with E-state index in [1.54, 1.807) is 0 Å². The summed E-state index contributed by atoms with van der Waals surface area (Å²) in [6.45, 7) is 9.35. The second kappa shape index (κ2) is 7.07. The zero-order chi connectivity index (χ0) is 17.1. The highest BCUT2D eigenvalue weighted by Gasteiger charge is 2.22. The van der Waals surface area contributed by atoms with Gasteiger partial charge in [-0.25, -0.2) is 0 Å². The minimum atomic E-state index is 0.515. The number of anilines is 1. The van der Waals surface area contributed by atoms with Crippen molar-refractivity contribution in [3.05, 3.63) is 64.2 Å². The van der Waals surface area contributed by atoms with Crippen molar-refractivity contribution in [1.82, 2.24) is 5.32 Å². The molecule has 124 valence electrons. The van der Waals surface area contributed by atoms with Crippen LogP contribution in [0.4, 0.5) is 5.69 Å². The van der Waals surface area contributed by atoms with E-state index in [0.717, 1.165) is 37.2 Å². The Labute approximate surface area is 144 Å². The van der Waals surface area contributed by atoms with E-state index in [9.17, 15) is 0 Å². The van der Waals surface area contributed by atoms with Crippen LogP contribution in [0.1, 0.15) is 34.2 Å². The number of hydrogen-bond donors (Lipinski definition) is 1. The molecule has 0 aliphatic carbocycles. The van der Waals surface area contributed by atoms with Gasteiger partial charge in [-0.3, -0.25) is 0 Å². The molecule has 1 unspecified atom stereocenters. The molecule has 0 radical (unpaired) electrons. The lowest BCUT2D eigenvalue weighted by Crippen LogP contribution is -2.32. The van der Waals surface area contributed by atoms with Crippen molar-refractivity contribution < 1.29 is 0 Å². The fourth-order valence-corrected chi connectivity index (χ4v) is 3.43. The smallest absolute Gasteiger partial charge is 0.0994 e. The van der Waals surface area contributed by atoms with Crippen LogP contribution >= 0.6 is 0 Å². The van der Waals surface area contributed by atoms with Crippen LogP contribution in [0.2, 0.25) is 0 Å². The van der Waals surface area contributed by atoms with Crippen LogP contribution in [0.5, 0.6) is 0 Å². The van der Waals surface area contributed by atoms with Crippen molar-refractivity contribution in [3.63, 3.8) is 0 Å². The quantitative estimate of drug-likeness (QED) is 0.930. The molecule has 1 aliphatic rings. The van der Waals surface area contributed by atoms with E-state index >= 15 is 0 Å². The molecule has 1 heterocycles. The Morgan fingerprint density at radius 3 is 2.67 bits per heavy atom. The third-order valence-electron chi connectivity index (χ3n) is 4.96. The third kappa shape index (κ3) is 3.60. The Hall–Kier alpha value is -2.31. The topological polar surface area (TPSA) is 39.1 Å². The monoisotopic (exact) mass is 319 g/mol. The fourth-order valence-electron chi connectivity index (χ4n) is 3.43. The minimum Gasteiger partial charge on any atom is -0.370 e. The second-order valence-electron chi connectivity index (χ2n) is 6.85. The molecule has 0 amide bonds. The highest BCUT2D eigenvalue weighted by atomic mass is 15.2. The van der Waals surface area contributed by atoms with E-state index in [1.165, 1.54) is 22.4 Å². The summed E-state index contributed by atoms with van der Waals surface area (Å²) in [5.41, 5.74) is 7.11. The van der Waals surface area contributed by atoms with Crippen molar-refractivity contribution in [1.29, 1.82) is 5.26 Å². The van der Waals surface area contributed by atoms with Crippen LogP contribution in [-0.4, -0.2) is 19.1 Å². The molecule has 0 saturated carbocycles. The summed E-state index contributed by atoms with van der Waals surface area (Å²) in [6, 6.07) is 15.5. The molecule has 0 bridgehead atoms. The minimum absolute atomic E-state index is 0.515. The molecular weight excluding hydrogens is 294 g/mol. The van der Waals surface area contributed by atoms with Gasteiger partial charge in [0.1, 0.15) is 0 Å². The van der Waals surface area contributed by atoms with E-state index < -0.39 is 0 Å². The highest BCUT2D eigenvalue weighted by Crippen LogP contribution is 2.23. The molecule has 3 nitrogen and oxygen atoms in total. The summed E-state index contributed by atoms with van der Waals surface area (Å²) in [4.78, 5) is 2.41. The van der Waals surface area contributed by atoms with Crippen LogP contribution < -0.4 is 10.2 Å². The maximum Gasteiger partial charge on any atom is 0.0994 e. The molecule has 24 heavy (non-hydrogen) atoms. The van der Waals surface area contributed by atoms with Gasteiger partial charge in [-0.2, -0.15) is 5.26 Å². The zero-order valence-corrected chi connectivity index (χ0v) is 14.8. The van der Waals surface area contributed by atoms with E-state index in [-0.39, 0.29) is 0 Å². The van der Waals surface area contributed by atoms with Crippen LogP contribution in [0, 0.1) is 32.1 Å². The number of nitriles is 1. The summed E-state index contributed by atoms with van der Waals surface area (Å²) in [5, 5.41) is 12.8. The van der Waals surface area contributed by atoms with Gasteiger partial charge in [0.05, 0.1) is 11.6 Å². The molecule has 1 aliphatic heterocycles. The molecule has 1 atom stereocenters. The number of hydrogen-bond acceptors (Lipinski definition) is 3. The van der Waals surface area contributed by atoms with Crippen molar-refractivity contribution >= 4 is 5.69 Å². The number of nitrogens with zero attached hydrogens (tertiary/aromatic N) is 2. The molecule has 3 rings (SSSR count). The number of rotatable bonds is 4. The zero-order valence-electron chi connectivity index (χ0n) is 14.8. The van der Waals surface area contributed by atoms with Gasteiger partial charge in [-0.15, -0.1) is 0 Å². The lowest BCUT2D eigenvalue weighted by atomic mass is 10.1. The van der Waals surface area contributed by atoms with Gasteiger partial charge in [0.25, 0.3) is 0 Å². The van der Waals surface area contributed by atoms with E-state index in [4.69, 9.17) is 5.26 Å². The summed E-state index contributed by atoms with van der Waals surface area (Å²) < 4.78 is 0. The Balaban J connectivity index is 1.59. The molecule has 1 fully saturated rings. The van der Waals surface area contributed by atoms with Crippen molar-refractivity contribution in [2.24, 2.45) is 0 Å². The molecule has 1 N–H and O–H groups in total. The molecule has 1 saturated heterocycles. The van der Waals surface area contributed by atoms with Crippen LogP contribution in [-0.2, 0) is 6.54 Å². The van der Waals surface area contributed by atoms with Crippen LogP contribution in [0.25, 0.3) is 0 Å². The maximum atomic E-state index is 9.06. The molecule has 2 aromatic rings. The van der Waals surface area contributed by atoms with E-state index in [0.29, 0.717) is 6.04 Å². The molecule has 2 aromatic carbocycles. The normalized spacial score (nSPS) is 17.1. The first-order chi connectivity index (χ1) is 11.6. The summed E-state index contributed by atoms with van der Waals surface area (Å²) in [7, 11) is 0. The van der Waals surface area contributed by atoms with Gasteiger partial charge < -0.3 is 10.2 Å². The first-order valence-electron chi connectivity index (χ1n) is 8.62. The Morgan fingerprint density at radius 2 is 1.96 bits per heavy atom. The lowest BCUT2D eigenvalue weighted by Gasteiger charge is -2.20. The van der Waals surface area contributed by atoms with Gasteiger partial charge in [-0.1, -0.05) is 23.8 Å². The predicted octanol–water partition coefficient (Wildman–Crippen LogP) is 3.85. The first-order valence-corrected chi connectivity index (χ1v) is 8.62. The largest absolute Gasteiger partial charge is 0.370 e. The number of benzene rings is 2. The van der Waals surface area contributed by atoms with Crippen molar-refractivity contribution in [2.75, 3.05) is 18.0 Å². The highest BCUT2D eigenvalue weighted by molar-refractivity contribution is 5.54. The van der Waals surface area contributed by atoms with Crippen molar-refractivity contribution in [2.45, 2.75) is 39.8 Å². The molecule has 3 heteroatoms.